The van der Waals surface area contributed by atoms with E-state index in [0.29, 0.717) is 49.1 Å². The maximum Gasteiger partial charge on any atom is 0.264 e. The third-order valence-electron chi connectivity index (χ3n) is 7.05. The molecule has 0 saturated heterocycles. The normalized spacial score (nSPS) is 19.3. The van der Waals surface area contributed by atoms with Crippen molar-refractivity contribution in [3.63, 3.8) is 0 Å². The number of halogens is 1. The van der Waals surface area contributed by atoms with Crippen LogP contribution >= 0.6 is 11.6 Å². The molecule has 3 aromatic rings. The molecule has 0 saturated carbocycles. The molecule has 2 aromatic carbocycles. The molecular formula is C29H33ClN4O4S. The number of nitrogens with zero attached hydrogens (tertiary/aromatic N) is 3. The predicted octanol–water partition coefficient (Wildman–Crippen LogP) is 5.39. The predicted molar refractivity (Wildman–Crippen MR) is 151 cm³/mol. The minimum Gasteiger partial charge on any atom is -0.487 e. The summed E-state index contributed by atoms with van der Waals surface area (Å²) in [5, 5.41) is 5.22. The average Bonchev–Trinajstić information content (AvgIpc) is 3.34. The van der Waals surface area contributed by atoms with Crippen molar-refractivity contribution in [2.75, 3.05) is 11.4 Å². The second kappa shape index (κ2) is 12.3. The number of carbonyl (C=O) groups is 1. The van der Waals surface area contributed by atoms with Gasteiger partial charge in [0, 0.05) is 36.3 Å². The van der Waals surface area contributed by atoms with Crippen molar-refractivity contribution < 1.29 is 17.9 Å². The van der Waals surface area contributed by atoms with E-state index in [9.17, 15) is 13.2 Å². The molecule has 0 unspecified atom stereocenters. The number of carbonyl (C=O) groups excluding carboxylic acids is 1. The van der Waals surface area contributed by atoms with Crippen molar-refractivity contribution in [1.82, 2.24) is 14.5 Å². The number of benzene rings is 2. The van der Waals surface area contributed by atoms with E-state index < -0.39 is 15.9 Å². The molecule has 10 heteroatoms. The highest BCUT2D eigenvalue weighted by molar-refractivity contribution is 7.90. The standard InChI is InChI=1S/C29H33ClN4O4S/c30-25-11-10-24-21-38-28-13-12-26-17-27(28)33(14-7-5-8-23(24)16-25)19-22-18-31-34(20-22)15-6-3-1-2-4-9-29(35)32-39(26,36)37/h3,6,10-13,16-18,20H,1-2,4-5,7-9,14-15,19,21H2,(H,32,35)/b6-3+. The van der Waals surface area contributed by atoms with E-state index >= 15 is 0 Å². The summed E-state index contributed by atoms with van der Waals surface area (Å²) in [7, 11) is -4.04. The number of hydrogen-bond donors (Lipinski definition) is 1. The number of allylic oxidation sites excluding steroid dienone is 2. The summed E-state index contributed by atoms with van der Waals surface area (Å²) in [6.45, 7) is 2.23. The summed E-state index contributed by atoms with van der Waals surface area (Å²) in [4.78, 5) is 14.6. The molecule has 1 N–H and O–H groups in total. The lowest BCUT2D eigenvalue weighted by Gasteiger charge is -2.27. The Bertz CT molecular complexity index is 1470. The second-order valence-electron chi connectivity index (χ2n) is 10.0. The number of fused-ring (bicyclic) bond motifs is 4. The smallest absolute Gasteiger partial charge is 0.264 e. The van der Waals surface area contributed by atoms with Crippen LogP contribution in [0.15, 0.2) is 65.8 Å². The van der Waals surface area contributed by atoms with Crippen molar-refractivity contribution >= 4 is 33.2 Å². The molecule has 4 bridgehead atoms. The van der Waals surface area contributed by atoms with Gasteiger partial charge in [-0.3, -0.25) is 9.48 Å². The maximum absolute atomic E-state index is 13.2. The Kier molecular flexibility index (Phi) is 8.57. The largest absolute Gasteiger partial charge is 0.487 e. The van der Waals surface area contributed by atoms with Crippen LogP contribution in [0.4, 0.5) is 5.69 Å². The van der Waals surface area contributed by atoms with Gasteiger partial charge in [0.2, 0.25) is 5.91 Å². The van der Waals surface area contributed by atoms with E-state index in [2.05, 4.69) is 26.9 Å². The number of hydrogen-bond acceptors (Lipinski definition) is 6. The molecule has 0 spiro atoms. The summed E-state index contributed by atoms with van der Waals surface area (Å²) in [6.07, 6.45) is 13.1. The molecule has 8 nitrogen and oxygen atoms in total. The molecule has 0 atom stereocenters. The lowest BCUT2D eigenvalue weighted by atomic mass is 10.0. The van der Waals surface area contributed by atoms with E-state index in [0.717, 1.165) is 48.8 Å². The molecule has 1 amide bonds. The Morgan fingerprint density at radius 3 is 2.74 bits per heavy atom. The van der Waals surface area contributed by atoms with Gasteiger partial charge in [0.25, 0.3) is 10.0 Å². The van der Waals surface area contributed by atoms with Crippen LogP contribution in [-0.2, 0) is 40.9 Å². The van der Waals surface area contributed by atoms with Gasteiger partial charge in [0.1, 0.15) is 12.4 Å². The second-order valence-corrected chi connectivity index (χ2v) is 12.1. The molecule has 39 heavy (non-hydrogen) atoms. The molecule has 2 aliphatic rings. The van der Waals surface area contributed by atoms with Gasteiger partial charge >= 0.3 is 0 Å². The van der Waals surface area contributed by atoms with Crippen LogP contribution in [0.25, 0.3) is 0 Å². The number of aryl methyl sites for hydroxylation is 1. The first kappa shape index (κ1) is 27.3. The third-order valence-corrected chi connectivity index (χ3v) is 8.66. The highest BCUT2D eigenvalue weighted by Crippen LogP contribution is 2.34. The number of sulfonamides is 1. The summed E-state index contributed by atoms with van der Waals surface area (Å²) >= 11 is 6.28. The van der Waals surface area contributed by atoms with Gasteiger partial charge in [0.15, 0.2) is 0 Å². The Hall–Kier alpha value is -3.30. The fraction of sp³-hybridized carbons (Fsp3) is 0.379. The Morgan fingerprint density at radius 2 is 1.85 bits per heavy atom. The van der Waals surface area contributed by atoms with Crippen LogP contribution in [0.5, 0.6) is 5.75 Å². The number of amides is 1. The lowest BCUT2D eigenvalue weighted by molar-refractivity contribution is -0.119. The van der Waals surface area contributed by atoms with Gasteiger partial charge in [-0.25, -0.2) is 13.1 Å². The SMILES string of the molecule is O=C1CCCC/C=C/Cn2cc(cn2)CN2CCCCc3cc(Cl)ccc3COc3ccc(cc32)S(=O)(=O)N1. The molecule has 0 radical (unpaired) electrons. The van der Waals surface area contributed by atoms with Crippen LogP contribution in [-0.4, -0.2) is 30.7 Å². The van der Waals surface area contributed by atoms with Gasteiger partial charge in [0.05, 0.1) is 23.3 Å². The van der Waals surface area contributed by atoms with Gasteiger partial charge < -0.3 is 9.64 Å². The van der Waals surface area contributed by atoms with Crippen LogP contribution in [0.3, 0.4) is 0 Å². The summed E-state index contributed by atoms with van der Waals surface area (Å²) in [6, 6.07) is 10.6. The minimum absolute atomic E-state index is 0.0324. The fourth-order valence-corrected chi connectivity index (χ4v) is 6.20. The van der Waals surface area contributed by atoms with Crippen molar-refractivity contribution in [3.05, 3.63) is 82.7 Å². The number of rotatable bonds is 0. The van der Waals surface area contributed by atoms with Crippen LogP contribution in [0.1, 0.15) is 55.2 Å². The summed E-state index contributed by atoms with van der Waals surface area (Å²) in [5.41, 5.74) is 3.89. The number of anilines is 1. The van der Waals surface area contributed by atoms with Gasteiger partial charge in [-0.2, -0.15) is 5.10 Å². The van der Waals surface area contributed by atoms with Crippen molar-refractivity contribution in [3.8, 4) is 5.75 Å². The van der Waals surface area contributed by atoms with E-state index in [4.69, 9.17) is 16.3 Å². The highest BCUT2D eigenvalue weighted by Gasteiger charge is 2.23. The molecular weight excluding hydrogens is 536 g/mol. The molecule has 2 aliphatic heterocycles. The Labute approximate surface area is 234 Å². The highest BCUT2D eigenvalue weighted by atomic mass is 35.5. The zero-order chi connectivity index (χ0) is 27.2. The van der Waals surface area contributed by atoms with Crippen LogP contribution in [0, 0.1) is 0 Å². The first-order chi connectivity index (χ1) is 18.9. The van der Waals surface area contributed by atoms with E-state index in [1.54, 1.807) is 12.1 Å². The number of aromatic nitrogens is 2. The molecule has 5 rings (SSSR count). The Morgan fingerprint density at radius 1 is 0.974 bits per heavy atom. The molecule has 206 valence electrons. The molecule has 3 heterocycles. The molecule has 0 aliphatic carbocycles. The monoisotopic (exact) mass is 568 g/mol. The Balaban J connectivity index is 1.54. The average molecular weight is 569 g/mol. The summed E-state index contributed by atoms with van der Waals surface area (Å²) in [5.74, 6) is 0.0792. The first-order valence-electron chi connectivity index (χ1n) is 13.4. The minimum atomic E-state index is -4.04. The zero-order valence-electron chi connectivity index (χ0n) is 21.8. The third kappa shape index (κ3) is 7.02. The van der Waals surface area contributed by atoms with E-state index in [1.807, 2.05) is 35.3 Å². The zero-order valence-corrected chi connectivity index (χ0v) is 23.4. The topological polar surface area (TPSA) is 93.5 Å². The van der Waals surface area contributed by atoms with Crippen LogP contribution in [0.2, 0.25) is 5.02 Å². The number of ether oxygens (including phenoxy) is 1. The van der Waals surface area contributed by atoms with Gasteiger partial charge in [-0.15, -0.1) is 0 Å². The van der Waals surface area contributed by atoms with Crippen LogP contribution < -0.4 is 14.4 Å². The maximum atomic E-state index is 13.2. The summed E-state index contributed by atoms with van der Waals surface area (Å²) < 4.78 is 36.8. The van der Waals surface area contributed by atoms with Crippen molar-refractivity contribution in [2.45, 2.75) is 69.5 Å². The van der Waals surface area contributed by atoms with Crippen molar-refractivity contribution in [2.24, 2.45) is 0 Å². The van der Waals surface area contributed by atoms with E-state index in [1.165, 1.54) is 6.07 Å². The van der Waals surface area contributed by atoms with E-state index in [-0.39, 0.29) is 11.3 Å². The van der Waals surface area contributed by atoms with Gasteiger partial charge in [-0.1, -0.05) is 29.8 Å². The van der Waals surface area contributed by atoms with Gasteiger partial charge in [-0.05, 0) is 80.0 Å². The quantitative estimate of drug-likeness (QED) is 0.365. The first-order valence-corrected chi connectivity index (χ1v) is 15.2. The van der Waals surface area contributed by atoms with Crippen molar-refractivity contribution in [1.29, 1.82) is 0 Å². The molecule has 0 fully saturated rings. The fourth-order valence-electron chi connectivity index (χ4n) is 4.98. The lowest BCUT2D eigenvalue weighted by Crippen LogP contribution is -2.31. The number of nitrogens with one attached hydrogen (secondary N) is 1. The molecule has 1 aromatic heterocycles.